The molecule has 2 N–H and O–H groups in total. The molecular formula is C24H20F3N3O2. The van der Waals surface area contributed by atoms with Gasteiger partial charge in [-0.1, -0.05) is 48.5 Å². The van der Waals surface area contributed by atoms with E-state index in [1.54, 1.807) is 0 Å². The molecule has 0 fully saturated rings. The summed E-state index contributed by atoms with van der Waals surface area (Å²) in [5, 5.41) is 15.8. The highest BCUT2D eigenvalue weighted by Gasteiger charge is 2.31. The Bertz CT molecular complexity index is 1170. The summed E-state index contributed by atoms with van der Waals surface area (Å²) in [5.74, 6) is -1.31. The number of nitrogens with zero attached hydrogens (tertiary/aromatic N) is 1. The van der Waals surface area contributed by atoms with E-state index in [4.69, 9.17) is 5.26 Å². The zero-order chi connectivity index (χ0) is 23.1. The Kier molecular flexibility index (Phi) is 7.11. The summed E-state index contributed by atoms with van der Waals surface area (Å²) >= 11 is 0. The first-order valence-electron chi connectivity index (χ1n) is 9.88. The molecule has 0 saturated carbocycles. The predicted octanol–water partition coefficient (Wildman–Crippen LogP) is 4.23. The van der Waals surface area contributed by atoms with Gasteiger partial charge in [0.05, 0.1) is 18.1 Å². The predicted molar refractivity (Wildman–Crippen MR) is 114 cm³/mol. The Morgan fingerprint density at radius 3 is 2.44 bits per heavy atom. The lowest BCUT2D eigenvalue weighted by molar-refractivity contribution is -0.137. The van der Waals surface area contributed by atoms with E-state index in [0.29, 0.717) is 0 Å². The number of amides is 2. The van der Waals surface area contributed by atoms with Crippen molar-refractivity contribution in [2.75, 3.05) is 6.54 Å². The van der Waals surface area contributed by atoms with Gasteiger partial charge in [-0.2, -0.15) is 18.4 Å². The number of alkyl halides is 3. The first-order chi connectivity index (χ1) is 15.3. The van der Waals surface area contributed by atoms with E-state index in [-0.39, 0.29) is 24.9 Å². The molecule has 0 spiro atoms. The van der Waals surface area contributed by atoms with E-state index in [1.165, 1.54) is 6.07 Å². The number of benzene rings is 3. The summed E-state index contributed by atoms with van der Waals surface area (Å²) in [6.45, 7) is 0.100. The number of fused-ring (bicyclic) bond motifs is 1. The minimum absolute atomic E-state index is 0.0933. The molecule has 0 aliphatic carbocycles. The van der Waals surface area contributed by atoms with Gasteiger partial charge in [0.25, 0.3) is 5.91 Å². The van der Waals surface area contributed by atoms with Crippen molar-refractivity contribution >= 4 is 22.6 Å². The fourth-order valence-electron chi connectivity index (χ4n) is 3.25. The van der Waals surface area contributed by atoms with Crippen LogP contribution in [0.1, 0.15) is 27.9 Å². The van der Waals surface area contributed by atoms with Gasteiger partial charge in [-0.25, -0.2) is 0 Å². The van der Waals surface area contributed by atoms with Gasteiger partial charge in [0.15, 0.2) is 0 Å². The zero-order valence-electron chi connectivity index (χ0n) is 16.9. The Morgan fingerprint density at radius 2 is 1.72 bits per heavy atom. The Hall–Kier alpha value is -3.86. The highest BCUT2D eigenvalue weighted by molar-refractivity contribution is 5.97. The summed E-state index contributed by atoms with van der Waals surface area (Å²) in [6.07, 6.45) is -4.36. The molecule has 0 saturated heterocycles. The lowest BCUT2D eigenvalue weighted by Gasteiger charge is -2.19. The van der Waals surface area contributed by atoms with Crippen molar-refractivity contribution in [3.63, 3.8) is 0 Å². The van der Waals surface area contributed by atoms with Crippen LogP contribution in [0.4, 0.5) is 13.2 Å². The molecule has 3 aromatic carbocycles. The maximum absolute atomic E-state index is 13.0. The van der Waals surface area contributed by atoms with Crippen molar-refractivity contribution in [3.05, 3.63) is 83.4 Å². The lowest BCUT2D eigenvalue weighted by Crippen LogP contribution is -2.48. The van der Waals surface area contributed by atoms with Gasteiger partial charge in [0.2, 0.25) is 5.91 Å². The first-order valence-corrected chi connectivity index (χ1v) is 9.88. The summed E-state index contributed by atoms with van der Waals surface area (Å²) in [7, 11) is 0. The van der Waals surface area contributed by atoms with Crippen molar-refractivity contribution < 1.29 is 22.8 Å². The van der Waals surface area contributed by atoms with E-state index in [0.717, 1.165) is 34.5 Å². The van der Waals surface area contributed by atoms with Crippen LogP contribution in [0.15, 0.2) is 66.7 Å². The smallest absolute Gasteiger partial charge is 0.353 e. The van der Waals surface area contributed by atoms with Gasteiger partial charge in [-0.15, -0.1) is 0 Å². The van der Waals surface area contributed by atoms with Crippen LogP contribution in [0.2, 0.25) is 0 Å². The van der Waals surface area contributed by atoms with Crippen molar-refractivity contribution in [2.24, 2.45) is 0 Å². The summed E-state index contributed by atoms with van der Waals surface area (Å²) in [5.41, 5.74) is -0.378. The fourth-order valence-corrected chi connectivity index (χ4v) is 3.25. The lowest BCUT2D eigenvalue weighted by atomic mass is 10.0. The molecule has 164 valence electrons. The van der Waals surface area contributed by atoms with E-state index in [2.05, 4.69) is 10.6 Å². The van der Waals surface area contributed by atoms with Crippen LogP contribution in [-0.4, -0.2) is 24.4 Å². The normalized spacial score (nSPS) is 12.1. The van der Waals surface area contributed by atoms with Gasteiger partial charge >= 0.3 is 6.18 Å². The number of carbonyl (C=O) groups is 2. The van der Waals surface area contributed by atoms with E-state index in [1.807, 2.05) is 48.5 Å². The third kappa shape index (κ3) is 5.85. The maximum Gasteiger partial charge on any atom is 0.416 e. The molecule has 5 nitrogen and oxygen atoms in total. The molecule has 3 rings (SSSR count). The molecule has 0 radical (unpaired) electrons. The Labute approximate surface area is 182 Å². The van der Waals surface area contributed by atoms with E-state index >= 15 is 0 Å². The van der Waals surface area contributed by atoms with E-state index in [9.17, 15) is 22.8 Å². The van der Waals surface area contributed by atoms with Crippen LogP contribution in [0.3, 0.4) is 0 Å². The molecule has 32 heavy (non-hydrogen) atoms. The van der Waals surface area contributed by atoms with Crippen LogP contribution >= 0.6 is 0 Å². The molecular weight excluding hydrogens is 419 g/mol. The van der Waals surface area contributed by atoms with Crippen molar-refractivity contribution in [2.45, 2.75) is 25.1 Å². The molecule has 2 amide bonds. The first kappa shape index (κ1) is 22.8. The third-order valence-electron chi connectivity index (χ3n) is 4.86. The standard InChI is InChI=1S/C24H20F3N3O2/c25-24(26,27)20-8-3-7-19(15-20)22(31)30-21(23(32)29-12-4-11-28)14-16-9-10-17-5-1-2-6-18(17)13-16/h1-3,5-10,13,15,21H,4,12,14H2,(H,29,32)(H,30,31). The fraction of sp³-hybridized carbons (Fsp3) is 0.208. The summed E-state index contributed by atoms with van der Waals surface area (Å²) in [4.78, 5) is 25.3. The van der Waals surface area contributed by atoms with Gasteiger partial charge in [0.1, 0.15) is 6.04 Å². The largest absolute Gasteiger partial charge is 0.416 e. The number of rotatable bonds is 7. The molecule has 0 aliphatic heterocycles. The molecule has 1 unspecified atom stereocenters. The summed E-state index contributed by atoms with van der Waals surface area (Å²) < 4.78 is 39.0. The average molecular weight is 439 g/mol. The molecule has 1 atom stereocenters. The molecule has 0 aliphatic rings. The van der Waals surface area contributed by atoms with Crippen LogP contribution in [0.5, 0.6) is 0 Å². The average Bonchev–Trinajstić information content (AvgIpc) is 2.78. The van der Waals surface area contributed by atoms with Gasteiger partial charge < -0.3 is 10.6 Å². The zero-order valence-corrected chi connectivity index (χ0v) is 16.9. The number of nitrogens with one attached hydrogen (secondary N) is 2. The molecule has 8 heteroatoms. The number of halogens is 3. The summed E-state index contributed by atoms with van der Waals surface area (Å²) in [6, 6.07) is 18.2. The van der Waals surface area contributed by atoms with Crippen LogP contribution in [-0.2, 0) is 17.4 Å². The number of nitriles is 1. The minimum Gasteiger partial charge on any atom is -0.353 e. The third-order valence-corrected chi connectivity index (χ3v) is 4.86. The quantitative estimate of drug-likeness (QED) is 0.541. The maximum atomic E-state index is 13.0. The molecule has 0 bridgehead atoms. The van der Waals surface area contributed by atoms with Crippen molar-refractivity contribution in [1.82, 2.24) is 10.6 Å². The van der Waals surface area contributed by atoms with Gasteiger partial charge in [-0.3, -0.25) is 9.59 Å². The highest BCUT2D eigenvalue weighted by atomic mass is 19.4. The Morgan fingerprint density at radius 1 is 0.969 bits per heavy atom. The van der Waals surface area contributed by atoms with Crippen molar-refractivity contribution in [3.8, 4) is 6.07 Å². The SMILES string of the molecule is N#CCCNC(=O)C(Cc1ccc2ccccc2c1)NC(=O)c1cccc(C(F)(F)F)c1. The highest BCUT2D eigenvalue weighted by Crippen LogP contribution is 2.29. The monoisotopic (exact) mass is 439 g/mol. The van der Waals surface area contributed by atoms with Gasteiger partial charge in [-0.05, 0) is 34.5 Å². The molecule has 0 heterocycles. The van der Waals surface area contributed by atoms with Crippen LogP contribution in [0.25, 0.3) is 10.8 Å². The van der Waals surface area contributed by atoms with E-state index < -0.39 is 29.6 Å². The molecule has 3 aromatic rings. The van der Waals surface area contributed by atoms with Gasteiger partial charge in [0, 0.05) is 18.5 Å². The Balaban J connectivity index is 1.82. The minimum atomic E-state index is -4.59. The second-order valence-electron chi connectivity index (χ2n) is 7.19. The van der Waals surface area contributed by atoms with Crippen LogP contribution in [0, 0.1) is 11.3 Å². The topological polar surface area (TPSA) is 82.0 Å². The number of carbonyl (C=O) groups excluding carboxylic acids is 2. The second kappa shape index (κ2) is 9.96. The number of hydrogen-bond donors (Lipinski definition) is 2. The second-order valence-corrected chi connectivity index (χ2v) is 7.19. The van der Waals surface area contributed by atoms with Crippen molar-refractivity contribution in [1.29, 1.82) is 5.26 Å². The number of hydrogen-bond acceptors (Lipinski definition) is 3. The van der Waals surface area contributed by atoms with Crippen LogP contribution < -0.4 is 10.6 Å². The molecule has 0 aromatic heterocycles.